The maximum atomic E-state index is 6.47. The fraction of sp³-hybridized carbons (Fsp3) is 0.429. The van der Waals surface area contributed by atoms with Gasteiger partial charge in [0.2, 0.25) is 0 Å². The maximum Gasteiger partial charge on any atom is 0.0824 e. The van der Waals surface area contributed by atoms with Crippen LogP contribution in [0.2, 0.25) is 5.02 Å². The molecule has 0 saturated carbocycles. The Labute approximate surface area is 134 Å². The van der Waals surface area contributed by atoms with Gasteiger partial charge in [0, 0.05) is 41.1 Å². The van der Waals surface area contributed by atoms with Gasteiger partial charge in [-0.25, -0.2) is 0 Å². The molecule has 1 atom stereocenters. The standard InChI is InChI=1S/C14H17ClN2OS.ClH/c15-14-11-3-1-2-4-12(11)19-13(14)9-17-5-6-18-10(7-16)8-17;/h1-4,10H,5-9,16H2;1H. The highest BCUT2D eigenvalue weighted by atomic mass is 35.5. The first-order chi connectivity index (χ1) is 9.28. The Bertz CT molecular complexity index is 575. The minimum absolute atomic E-state index is 0. The van der Waals surface area contributed by atoms with E-state index in [0.29, 0.717) is 6.54 Å². The number of thiophene rings is 1. The van der Waals surface area contributed by atoms with Crippen molar-refractivity contribution >= 4 is 45.4 Å². The van der Waals surface area contributed by atoms with Crippen LogP contribution in [-0.4, -0.2) is 37.2 Å². The van der Waals surface area contributed by atoms with Crippen LogP contribution >= 0.6 is 35.3 Å². The molecule has 1 fully saturated rings. The molecular formula is C14H18Cl2N2OS. The smallest absolute Gasteiger partial charge is 0.0824 e. The van der Waals surface area contributed by atoms with Crippen LogP contribution in [0, 0.1) is 0 Å². The number of morpholine rings is 1. The number of fused-ring (bicyclic) bond motifs is 1. The van der Waals surface area contributed by atoms with Crippen molar-refractivity contribution in [1.82, 2.24) is 4.90 Å². The number of nitrogens with two attached hydrogens (primary N) is 1. The van der Waals surface area contributed by atoms with Gasteiger partial charge in [-0.15, -0.1) is 23.7 Å². The van der Waals surface area contributed by atoms with Gasteiger partial charge in [-0.05, 0) is 6.07 Å². The number of rotatable bonds is 3. The molecule has 0 radical (unpaired) electrons. The van der Waals surface area contributed by atoms with Gasteiger partial charge in [0.25, 0.3) is 0 Å². The van der Waals surface area contributed by atoms with Crippen molar-refractivity contribution < 1.29 is 4.74 Å². The van der Waals surface area contributed by atoms with Crippen LogP contribution in [0.15, 0.2) is 24.3 Å². The zero-order valence-corrected chi connectivity index (χ0v) is 13.4. The van der Waals surface area contributed by atoms with Crippen molar-refractivity contribution in [3.05, 3.63) is 34.2 Å². The van der Waals surface area contributed by atoms with E-state index in [9.17, 15) is 0 Å². The van der Waals surface area contributed by atoms with E-state index in [1.807, 2.05) is 6.07 Å². The van der Waals surface area contributed by atoms with Gasteiger partial charge in [-0.1, -0.05) is 29.8 Å². The SMILES string of the molecule is Cl.NCC1CN(Cc2sc3ccccc3c2Cl)CCO1. The van der Waals surface area contributed by atoms with E-state index in [2.05, 4.69) is 23.1 Å². The normalized spacial score (nSPS) is 20.0. The van der Waals surface area contributed by atoms with Crippen LogP contribution < -0.4 is 5.73 Å². The van der Waals surface area contributed by atoms with Gasteiger partial charge in [0.15, 0.2) is 0 Å². The second kappa shape index (κ2) is 7.07. The van der Waals surface area contributed by atoms with E-state index in [-0.39, 0.29) is 18.5 Å². The monoisotopic (exact) mass is 332 g/mol. The summed E-state index contributed by atoms with van der Waals surface area (Å²) < 4.78 is 6.84. The average Bonchev–Trinajstić information content (AvgIpc) is 2.76. The highest BCUT2D eigenvalue weighted by Gasteiger charge is 2.21. The quantitative estimate of drug-likeness (QED) is 0.938. The summed E-state index contributed by atoms with van der Waals surface area (Å²) in [6.07, 6.45) is 0.155. The number of halogens is 2. The Morgan fingerprint density at radius 2 is 2.20 bits per heavy atom. The van der Waals surface area contributed by atoms with E-state index in [1.54, 1.807) is 11.3 Å². The topological polar surface area (TPSA) is 38.5 Å². The van der Waals surface area contributed by atoms with Gasteiger partial charge in [0.1, 0.15) is 0 Å². The molecule has 1 unspecified atom stereocenters. The molecule has 110 valence electrons. The van der Waals surface area contributed by atoms with E-state index >= 15 is 0 Å². The number of hydrogen-bond acceptors (Lipinski definition) is 4. The van der Waals surface area contributed by atoms with Gasteiger partial charge in [0.05, 0.1) is 17.7 Å². The predicted octanol–water partition coefficient (Wildman–Crippen LogP) is 3.14. The summed E-state index contributed by atoms with van der Waals surface area (Å²) in [5.74, 6) is 0. The van der Waals surface area contributed by atoms with Gasteiger partial charge in [-0.2, -0.15) is 0 Å². The highest BCUT2D eigenvalue weighted by Crippen LogP contribution is 2.36. The zero-order valence-electron chi connectivity index (χ0n) is 11.0. The lowest BCUT2D eigenvalue weighted by Crippen LogP contribution is -2.45. The molecule has 2 N–H and O–H groups in total. The maximum absolute atomic E-state index is 6.47. The number of hydrogen-bond donors (Lipinski definition) is 1. The summed E-state index contributed by atoms with van der Waals surface area (Å²) in [4.78, 5) is 3.61. The fourth-order valence-electron chi connectivity index (χ4n) is 2.44. The Morgan fingerprint density at radius 1 is 1.40 bits per heavy atom. The lowest BCUT2D eigenvalue weighted by atomic mass is 10.2. The first kappa shape index (κ1) is 16.0. The molecule has 3 nitrogen and oxygen atoms in total. The van der Waals surface area contributed by atoms with E-state index in [0.717, 1.165) is 36.7 Å². The lowest BCUT2D eigenvalue weighted by Gasteiger charge is -2.32. The van der Waals surface area contributed by atoms with Crippen molar-refractivity contribution in [2.24, 2.45) is 5.73 Å². The summed E-state index contributed by atoms with van der Waals surface area (Å²) in [6.45, 7) is 4.06. The summed E-state index contributed by atoms with van der Waals surface area (Å²) in [5, 5.41) is 2.06. The average molecular weight is 333 g/mol. The number of benzene rings is 1. The molecule has 1 aromatic heterocycles. The summed E-state index contributed by atoms with van der Waals surface area (Å²) in [5.41, 5.74) is 5.67. The van der Waals surface area contributed by atoms with Crippen LogP contribution in [0.25, 0.3) is 10.1 Å². The molecule has 1 aliphatic rings. The minimum atomic E-state index is 0. The Balaban J connectivity index is 0.00000147. The van der Waals surface area contributed by atoms with Crippen LogP contribution in [0.1, 0.15) is 4.88 Å². The first-order valence-electron chi connectivity index (χ1n) is 6.48. The third-order valence-electron chi connectivity index (χ3n) is 3.45. The Kier molecular flexibility index (Phi) is 5.66. The second-order valence-electron chi connectivity index (χ2n) is 4.80. The molecular weight excluding hydrogens is 315 g/mol. The lowest BCUT2D eigenvalue weighted by molar-refractivity contribution is -0.0257. The summed E-state index contributed by atoms with van der Waals surface area (Å²) in [6, 6.07) is 8.29. The minimum Gasteiger partial charge on any atom is -0.374 e. The van der Waals surface area contributed by atoms with Crippen LogP contribution in [0.4, 0.5) is 0 Å². The fourth-order valence-corrected chi connectivity index (χ4v) is 3.97. The molecule has 0 aliphatic carbocycles. The van der Waals surface area contributed by atoms with E-state index in [4.69, 9.17) is 22.1 Å². The van der Waals surface area contributed by atoms with Crippen LogP contribution in [-0.2, 0) is 11.3 Å². The third kappa shape index (κ3) is 3.27. The van der Waals surface area contributed by atoms with Crippen LogP contribution in [0.3, 0.4) is 0 Å². The zero-order chi connectivity index (χ0) is 13.2. The van der Waals surface area contributed by atoms with Gasteiger partial charge in [-0.3, -0.25) is 4.90 Å². The predicted molar refractivity (Wildman–Crippen MR) is 88.2 cm³/mol. The molecule has 20 heavy (non-hydrogen) atoms. The molecule has 6 heteroatoms. The summed E-state index contributed by atoms with van der Waals surface area (Å²) in [7, 11) is 0. The van der Waals surface area contributed by atoms with Crippen molar-refractivity contribution in [2.75, 3.05) is 26.2 Å². The number of ether oxygens (including phenoxy) is 1. The van der Waals surface area contributed by atoms with Crippen LogP contribution in [0.5, 0.6) is 0 Å². The molecule has 2 aromatic rings. The van der Waals surface area contributed by atoms with Gasteiger partial charge >= 0.3 is 0 Å². The molecule has 0 bridgehead atoms. The van der Waals surface area contributed by atoms with Crippen molar-refractivity contribution in [3.63, 3.8) is 0 Å². The van der Waals surface area contributed by atoms with Crippen molar-refractivity contribution in [1.29, 1.82) is 0 Å². The Morgan fingerprint density at radius 3 is 2.95 bits per heavy atom. The second-order valence-corrected chi connectivity index (χ2v) is 6.31. The molecule has 1 aromatic carbocycles. The molecule has 1 saturated heterocycles. The molecule has 0 amide bonds. The largest absolute Gasteiger partial charge is 0.374 e. The third-order valence-corrected chi connectivity index (χ3v) is 5.15. The molecule has 2 heterocycles. The molecule has 3 rings (SSSR count). The van der Waals surface area contributed by atoms with Crippen molar-refractivity contribution in [3.8, 4) is 0 Å². The highest BCUT2D eigenvalue weighted by molar-refractivity contribution is 7.19. The first-order valence-corrected chi connectivity index (χ1v) is 7.67. The summed E-state index contributed by atoms with van der Waals surface area (Å²) >= 11 is 8.26. The number of nitrogens with zero attached hydrogens (tertiary/aromatic N) is 1. The molecule has 1 aliphatic heterocycles. The van der Waals surface area contributed by atoms with Crippen molar-refractivity contribution in [2.45, 2.75) is 12.6 Å². The molecule has 0 spiro atoms. The Hall–Kier alpha value is -0.360. The van der Waals surface area contributed by atoms with Gasteiger partial charge < -0.3 is 10.5 Å². The van der Waals surface area contributed by atoms with E-state index in [1.165, 1.54) is 9.58 Å². The van der Waals surface area contributed by atoms with E-state index < -0.39 is 0 Å².